The van der Waals surface area contributed by atoms with Gasteiger partial charge in [-0.2, -0.15) is 0 Å². The van der Waals surface area contributed by atoms with Crippen LogP contribution in [0.3, 0.4) is 0 Å². The van der Waals surface area contributed by atoms with E-state index in [1.807, 2.05) is 68.4 Å². The molecule has 2 N–H and O–H groups in total. The third-order valence-corrected chi connectivity index (χ3v) is 4.22. The summed E-state index contributed by atoms with van der Waals surface area (Å²) in [6.07, 6.45) is 0.774. The van der Waals surface area contributed by atoms with Gasteiger partial charge in [0.05, 0.1) is 6.54 Å². The predicted octanol–water partition coefficient (Wildman–Crippen LogP) is 2.95. The topological polar surface area (TPSA) is 66.0 Å². The number of nitrogens with zero attached hydrogens (tertiary/aromatic N) is 2. The molecule has 0 aliphatic rings. The smallest absolute Gasteiger partial charge is 0.253 e. The fourth-order valence-corrected chi connectivity index (χ4v) is 2.77. The van der Waals surface area contributed by atoms with Gasteiger partial charge >= 0.3 is 0 Å². The quantitative estimate of drug-likeness (QED) is 0.505. The highest BCUT2D eigenvalue weighted by Crippen LogP contribution is 2.11. The van der Waals surface area contributed by atoms with E-state index in [0.29, 0.717) is 12.1 Å². The molecule has 0 spiro atoms. The summed E-state index contributed by atoms with van der Waals surface area (Å²) < 4.78 is 5.87. The van der Waals surface area contributed by atoms with E-state index >= 15 is 0 Å². The Morgan fingerprint density at radius 3 is 2.55 bits per heavy atom. The van der Waals surface area contributed by atoms with Crippen LogP contribution in [0.25, 0.3) is 0 Å². The van der Waals surface area contributed by atoms with Crippen LogP contribution in [0.15, 0.2) is 59.6 Å². The molecule has 0 aliphatic carbocycles. The number of hydrogen-bond acceptors (Lipinski definition) is 3. The summed E-state index contributed by atoms with van der Waals surface area (Å²) in [4.78, 5) is 18.3. The number of ether oxygens (including phenoxy) is 1. The Morgan fingerprint density at radius 2 is 1.86 bits per heavy atom. The Balaban J connectivity index is 1.86. The molecule has 1 amide bonds. The van der Waals surface area contributed by atoms with Crippen molar-refractivity contribution in [3.05, 3.63) is 65.7 Å². The van der Waals surface area contributed by atoms with Gasteiger partial charge < -0.3 is 20.3 Å². The molecule has 0 heterocycles. The van der Waals surface area contributed by atoms with Gasteiger partial charge in [-0.3, -0.25) is 4.79 Å². The van der Waals surface area contributed by atoms with Crippen molar-refractivity contribution in [3.63, 3.8) is 0 Å². The lowest BCUT2D eigenvalue weighted by Gasteiger charge is -2.15. The minimum absolute atomic E-state index is 0.0158. The summed E-state index contributed by atoms with van der Waals surface area (Å²) in [7, 11) is 3.52. The minimum Gasteiger partial charge on any atom is -0.489 e. The lowest BCUT2D eigenvalue weighted by molar-refractivity contribution is 0.0827. The number of amides is 1. The van der Waals surface area contributed by atoms with Crippen LogP contribution in [0, 0.1) is 0 Å². The normalized spacial score (nSPS) is 12.2. The number of carbonyl (C=O) groups is 1. The first-order valence-corrected chi connectivity index (χ1v) is 10.0. The molecule has 0 radical (unpaired) electrons. The van der Waals surface area contributed by atoms with Crippen molar-refractivity contribution in [1.82, 2.24) is 15.5 Å². The molecular weight excluding hydrogens is 364 g/mol. The molecule has 156 valence electrons. The van der Waals surface area contributed by atoms with Crippen molar-refractivity contribution >= 4 is 11.9 Å². The molecule has 0 aromatic heterocycles. The largest absolute Gasteiger partial charge is 0.489 e. The molecule has 2 aromatic carbocycles. The van der Waals surface area contributed by atoms with Crippen molar-refractivity contribution in [2.75, 3.05) is 33.7 Å². The molecule has 0 saturated heterocycles. The van der Waals surface area contributed by atoms with Crippen LogP contribution >= 0.6 is 0 Å². The van der Waals surface area contributed by atoms with E-state index in [-0.39, 0.29) is 12.0 Å². The fraction of sp³-hybridized carbons (Fsp3) is 0.391. The fourth-order valence-electron chi connectivity index (χ4n) is 2.77. The molecule has 6 heteroatoms. The zero-order valence-electron chi connectivity index (χ0n) is 17.8. The highest BCUT2D eigenvalue weighted by molar-refractivity contribution is 5.94. The molecule has 29 heavy (non-hydrogen) atoms. The number of guanidine groups is 1. The van der Waals surface area contributed by atoms with Gasteiger partial charge in [-0.15, -0.1) is 0 Å². The number of carbonyl (C=O) groups excluding carboxylic acids is 1. The van der Waals surface area contributed by atoms with E-state index in [1.165, 1.54) is 0 Å². The van der Waals surface area contributed by atoms with Gasteiger partial charge in [-0.05, 0) is 50.1 Å². The SMILES string of the molecule is CCNC(=NCC(C)Oc1ccccc1)NCCc1cccc(C(=O)N(C)C)c1. The first-order valence-electron chi connectivity index (χ1n) is 10.0. The maximum Gasteiger partial charge on any atom is 0.253 e. The van der Waals surface area contributed by atoms with Crippen molar-refractivity contribution in [3.8, 4) is 5.75 Å². The predicted molar refractivity (Wildman–Crippen MR) is 119 cm³/mol. The van der Waals surface area contributed by atoms with E-state index in [2.05, 4.69) is 15.6 Å². The number of rotatable bonds is 9. The van der Waals surface area contributed by atoms with Crippen LogP contribution in [0.1, 0.15) is 29.8 Å². The number of para-hydroxylation sites is 1. The molecule has 6 nitrogen and oxygen atoms in total. The highest BCUT2D eigenvalue weighted by atomic mass is 16.5. The molecule has 0 bridgehead atoms. The Morgan fingerprint density at radius 1 is 1.10 bits per heavy atom. The lowest BCUT2D eigenvalue weighted by atomic mass is 10.1. The van der Waals surface area contributed by atoms with Gasteiger partial charge in [0.25, 0.3) is 5.91 Å². The average molecular weight is 397 g/mol. The van der Waals surface area contributed by atoms with Crippen molar-refractivity contribution in [2.45, 2.75) is 26.4 Å². The van der Waals surface area contributed by atoms with Crippen LogP contribution in [-0.2, 0) is 6.42 Å². The van der Waals surface area contributed by atoms with E-state index in [9.17, 15) is 4.79 Å². The highest BCUT2D eigenvalue weighted by Gasteiger charge is 2.08. The Bertz CT molecular complexity index is 790. The average Bonchev–Trinajstić information content (AvgIpc) is 2.72. The second-order valence-corrected chi connectivity index (χ2v) is 7.04. The molecule has 1 unspecified atom stereocenters. The number of nitrogens with one attached hydrogen (secondary N) is 2. The van der Waals surface area contributed by atoms with Gasteiger partial charge in [0.1, 0.15) is 11.9 Å². The Labute approximate surface area is 174 Å². The van der Waals surface area contributed by atoms with Crippen LogP contribution in [0.4, 0.5) is 0 Å². The van der Waals surface area contributed by atoms with E-state index in [0.717, 1.165) is 36.8 Å². The molecule has 0 fully saturated rings. The van der Waals surface area contributed by atoms with Crippen molar-refractivity contribution in [1.29, 1.82) is 0 Å². The standard InChI is InChI=1S/C23H32N4O2/c1-5-24-23(26-17-18(2)29-21-12-7-6-8-13-21)25-15-14-19-10-9-11-20(16-19)22(28)27(3)4/h6-13,16,18H,5,14-15,17H2,1-4H3,(H2,24,25,26). The molecule has 0 aliphatic heterocycles. The summed E-state index contributed by atoms with van der Waals surface area (Å²) in [5, 5.41) is 6.60. The molecule has 2 rings (SSSR count). The summed E-state index contributed by atoms with van der Waals surface area (Å²) in [6.45, 7) is 6.10. The third kappa shape index (κ3) is 7.86. The molecule has 0 saturated carbocycles. The zero-order valence-corrected chi connectivity index (χ0v) is 17.8. The lowest BCUT2D eigenvalue weighted by Crippen LogP contribution is -2.39. The summed E-state index contributed by atoms with van der Waals surface area (Å²) in [5.41, 5.74) is 1.82. The van der Waals surface area contributed by atoms with Gasteiger partial charge in [0.2, 0.25) is 0 Å². The number of hydrogen-bond donors (Lipinski definition) is 2. The molecular formula is C23H32N4O2. The molecule has 2 aromatic rings. The van der Waals surface area contributed by atoms with Gasteiger partial charge in [-0.25, -0.2) is 4.99 Å². The number of aliphatic imine (C=N–C) groups is 1. The maximum atomic E-state index is 12.1. The van der Waals surface area contributed by atoms with Gasteiger partial charge in [-0.1, -0.05) is 30.3 Å². The van der Waals surface area contributed by atoms with Gasteiger partial charge in [0.15, 0.2) is 5.96 Å². The Hall–Kier alpha value is -3.02. The number of benzene rings is 2. The van der Waals surface area contributed by atoms with Crippen molar-refractivity contribution < 1.29 is 9.53 Å². The van der Waals surface area contributed by atoms with Crippen LogP contribution < -0.4 is 15.4 Å². The first kappa shape index (κ1) is 22.3. The Kier molecular flexibility index (Phi) is 9.02. The first-order chi connectivity index (χ1) is 14.0. The molecule has 1 atom stereocenters. The van der Waals surface area contributed by atoms with Crippen LogP contribution in [-0.4, -0.2) is 56.6 Å². The minimum atomic E-state index is -0.0263. The second kappa shape index (κ2) is 11.7. The summed E-state index contributed by atoms with van der Waals surface area (Å²) in [6, 6.07) is 17.5. The van der Waals surface area contributed by atoms with Gasteiger partial charge in [0, 0.05) is 32.7 Å². The zero-order chi connectivity index (χ0) is 21.1. The summed E-state index contributed by atoms with van der Waals surface area (Å²) in [5.74, 6) is 1.62. The third-order valence-electron chi connectivity index (χ3n) is 4.22. The van der Waals surface area contributed by atoms with Crippen LogP contribution in [0.2, 0.25) is 0 Å². The summed E-state index contributed by atoms with van der Waals surface area (Å²) >= 11 is 0. The van der Waals surface area contributed by atoms with E-state index < -0.39 is 0 Å². The second-order valence-electron chi connectivity index (χ2n) is 7.04. The monoisotopic (exact) mass is 396 g/mol. The van der Waals surface area contributed by atoms with E-state index in [4.69, 9.17) is 4.74 Å². The van der Waals surface area contributed by atoms with E-state index in [1.54, 1.807) is 19.0 Å². The maximum absolute atomic E-state index is 12.1. The van der Waals surface area contributed by atoms with Crippen LogP contribution in [0.5, 0.6) is 5.75 Å². The van der Waals surface area contributed by atoms with Crippen molar-refractivity contribution in [2.24, 2.45) is 4.99 Å².